The smallest absolute Gasteiger partial charge is 0.0700 e. The van der Waals surface area contributed by atoms with E-state index >= 15 is 0 Å². The van der Waals surface area contributed by atoms with Crippen molar-refractivity contribution in [1.29, 1.82) is 0 Å². The summed E-state index contributed by atoms with van der Waals surface area (Å²) in [5.74, 6) is 1.98. The van der Waals surface area contributed by atoms with E-state index in [-0.39, 0.29) is 10.7 Å². The lowest BCUT2D eigenvalue weighted by Gasteiger charge is -1.98. The minimum Gasteiger partial charge on any atom is -0.378 e. The second-order valence-electron chi connectivity index (χ2n) is 2.17. The molecular weight excluding hydrogens is 150 g/mol. The van der Waals surface area contributed by atoms with E-state index < -0.39 is 0 Å². The van der Waals surface area contributed by atoms with Gasteiger partial charge in [0.25, 0.3) is 0 Å². The van der Waals surface area contributed by atoms with Crippen molar-refractivity contribution in [2.45, 2.75) is 0 Å². The van der Waals surface area contributed by atoms with E-state index in [2.05, 4.69) is 0 Å². The Hall–Kier alpha value is 0.0700. The number of ether oxygens (including phenoxy) is 2. The lowest BCUT2D eigenvalue weighted by molar-refractivity contribution is -0.0761. The standard InChI is InChI=1S/C6H13NO2S/c7-10-5-3-8-1-2-9-4-6-10/h7H,1-6H2/p+1. The van der Waals surface area contributed by atoms with Crippen molar-refractivity contribution in [3.8, 4) is 0 Å². The van der Waals surface area contributed by atoms with E-state index in [1.165, 1.54) is 0 Å². The molecule has 1 rings (SSSR count). The first-order chi connectivity index (χ1) is 4.89. The molecule has 0 bridgehead atoms. The Bertz CT molecular complexity index is 106. The molecule has 2 N–H and O–H groups in total. The molecule has 1 aliphatic rings. The monoisotopic (exact) mass is 164 g/mol. The van der Waals surface area contributed by atoms with Gasteiger partial charge < -0.3 is 9.47 Å². The molecule has 60 valence electrons. The molecule has 1 aliphatic heterocycles. The van der Waals surface area contributed by atoms with Gasteiger partial charge in [-0.15, -0.1) is 0 Å². The average molecular weight is 164 g/mol. The van der Waals surface area contributed by atoms with Gasteiger partial charge in [-0.05, 0) is 0 Å². The Morgan fingerprint density at radius 3 is 1.90 bits per heavy atom. The van der Waals surface area contributed by atoms with E-state index in [1.807, 2.05) is 0 Å². The van der Waals surface area contributed by atoms with E-state index in [9.17, 15) is 0 Å². The second kappa shape index (κ2) is 4.82. The Kier molecular flexibility index (Phi) is 3.94. The van der Waals surface area contributed by atoms with Crippen LogP contribution in [0, 0.1) is 0 Å². The molecule has 0 aromatic heterocycles. The van der Waals surface area contributed by atoms with Crippen molar-refractivity contribution in [3.63, 3.8) is 0 Å². The topological polar surface area (TPSA) is 44.0 Å². The van der Waals surface area contributed by atoms with E-state index in [0.717, 1.165) is 37.9 Å². The predicted molar refractivity (Wildman–Crippen MR) is 40.7 cm³/mol. The van der Waals surface area contributed by atoms with Crippen LogP contribution >= 0.6 is 0 Å². The van der Waals surface area contributed by atoms with Gasteiger partial charge in [-0.1, -0.05) is 0 Å². The molecule has 0 radical (unpaired) electrons. The first-order valence-corrected chi connectivity index (χ1v) is 5.09. The summed E-state index contributed by atoms with van der Waals surface area (Å²) in [6, 6.07) is 0. The second-order valence-corrected chi connectivity index (χ2v) is 4.06. The molecule has 1 heterocycles. The molecule has 3 nitrogen and oxygen atoms in total. The summed E-state index contributed by atoms with van der Waals surface area (Å²) in [5, 5.41) is 0. The molecule has 10 heavy (non-hydrogen) atoms. The molecule has 0 aliphatic carbocycles. The van der Waals surface area contributed by atoms with E-state index in [1.54, 1.807) is 0 Å². The average Bonchev–Trinajstić information content (AvgIpc) is 2.02. The number of nitrogens with two attached hydrogens (primary N) is 1. The van der Waals surface area contributed by atoms with Gasteiger partial charge in [0.15, 0.2) is 0 Å². The van der Waals surface area contributed by atoms with Crippen LogP contribution < -0.4 is 4.78 Å². The summed E-state index contributed by atoms with van der Waals surface area (Å²) in [6.45, 7) is 3.03. The first kappa shape index (κ1) is 8.17. The quantitative estimate of drug-likeness (QED) is 0.478. The highest BCUT2D eigenvalue weighted by Crippen LogP contribution is 1.88. The molecule has 0 aromatic carbocycles. The fraction of sp³-hybridized carbons (Fsp3) is 1.00. The zero-order valence-electron chi connectivity index (χ0n) is 6.04. The van der Waals surface area contributed by atoms with Crippen molar-refractivity contribution >= 4 is 10.7 Å². The first-order valence-electron chi connectivity index (χ1n) is 3.47. The molecule has 0 saturated carbocycles. The lowest BCUT2D eigenvalue weighted by Crippen LogP contribution is -2.39. The molecular formula is C6H14NO2S+. The molecule has 0 amide bonds. The summed E-state index contributed by atoms with van der Waals surface area (Å²) in [6.07, 6.45) is 0. The molecule has 0 unspecified atom stereocenters. The van der Waals surface area contributed by atoms with Crippen LogP contribution in [0.25, 0.3) is 0 Å². The van der Waals surface area contributed by atoms with Gasteiger partial charge in [-0.3, -0.25) is 0 Å². The molecule has 0 spiro atoms. The maximum Gasteiger partial charge on any atom is 0.0700 e. The van der Waals surface area contributed by atoms with Crippen molar-refractivity contribution in [1.82, 2.24) is 0 Å². The highest BCUT2D eigenvalue weighted by atomic mass is 32.2. The third-order valence-electron chi connectivity index (χ3n) is 1.35. The summed E-state index contributed by atoms with van der Waals surface area (Å²) < 4.78 is 16.2. The minimum atomic E-state index is 0.0202. The van der Waals surface area contributed by atoms with Crippen LogP contribution in [-0.2, 0) is 20.2 Å². The number of hydrogen-bond donors (Lipinski definition) is 1. The van der Waals surface area contributed by atoms with Crippen molar-refractivity contribution in [2.75, 3.05) is 37.9 Å². The van der Waals surface area contributed by atoms with Gasteiger partial charge in [-0.25, -0.2) is 4.78 Å². The lowest BCUT2D eigenvalue weighted by atomic mass is 10.7. The Balaban J connectivity index is 2.21. The SMILES string of the molecule is [NH2+]=S1CCOCCOCC1. The Labute approximate surface area is 63.6 Å². The highest BCUT2D eigenvalue weighted by molar-refractivity contribution is 7.84. The van der Waals surface area contributed by atoms with Gasteiger partial charge in [0.05, 0.1) is 37.9 Å². The van der Waals surface area contributed by atoms with Gasteiger partial charge in [-0.2, -0.15) is 0 Å². The number of rotatable bonds is 0. The molecule has 4 heteroatoms. The van der Waals surface area contributed by atoms with Crippen molar-refractivity contribution in [2.24, 2.45) is 0 Å². The predicted octanol–water partition coefficient (Wildman–Crippen LogP) is -1.41. The van der Waals surface area contributed by atoms with Crippen LogP contribution in [0.5, 0.6) is 0 Å². The zero-order chi connectivity index (χ0) is 7.23. The fourth-order valence-electron chi connectivity index (χ4n) is 0.756. The minimum absolute atomic E-state index is 0.0202. The number of hydrogen-bond acceptors (Lipinski definition) is 2. The Morgan fingerprint density at radius 2 is 1.40 bits per heavy atom. The third-order valence-corrected chi connectivity index (χ3v) is 2.73. The van der Waals surface area contributed by atoms with Crippen LogP contribution in [0.3, 0.4) is 0 Å². The van der Waals surface area contributed by atoms with Crippen LogP contribution in [-0.4, -0.2) is 37.9 Å². The molecule has 0 atom stereocenters. The maximum absolute atomic E-state index is 5.74. The third kappa shape index (κ3) is 3.29. The zero-order valence-corrected chi connectivity index (χ0v) is 6.86. The van der Waals surface area contributed by atoms with Crippen LogP contribution in [0.1, 0.15) is 0 Å². The summed E-state index contributed by atoms with van der Waals surface area (Å²) in [4.78, 5) is 0. The molecule has 1 saturated heterocycles. The summed E-state index contributed by atoms with van der Waals surface area (Å²) in [5.41, 5.74) is 0. The largest absolute Gasteiger partial charge is 0.378 e. The van der Waals surface area contributed by atoms with Gasteiger partial charge in [0.1, 0.15) is 0 Å². The van der Waals surface area contributed by atoms with Crippen molar-refractivity contribution < 1.29 is 14.3 Å². The fourth-order valence-corrected chi connectivity index (χ4v) is 1.62. The normalized spacial score (nSPS) is 24.8. The van der Waals surface area contributed by atoms with Crippen LogP contribution in [0.4, 0.5) is 0 Å². The highest BCUT2D eigenvalue weighted by Gasteiger charge is 2.03. The van der Waals surface area contributed by atoms with Crippen LogP contribution in [0.15, 0.2) is 0 Å². The van der Waals surface area contributed by atoms with E-state index in [0.29, 0.717) is 0 Å². The van der Waals surface area contributed by atoms with Gasteiger partial charge in [0, 0.05) is 10.7 Å². The van der Waals surface area contributed by atoms with E-state index in [4.69, 9.17) is 14.3 Å². The van der Waals surface area contributed by atoms with Gasteiger partial charge >= 0.3 is 0 Å². The summed E-state index contributed by atoms with van der Waals surface area (Å²) >= 11 is 0. The Morgan fingerprint density at radius 1 is 0.900 bits per heavy atom. The van der Waals surface area contributed by atoms with Crippen LogP contribution in [0.2, 0.25) is 0 Å². The summed E-state index contributed by atoms with van der Waals surface area (Å²) in [7, 11) is 0.0202. The maximum atomic E-state index is 5.74. The van der Waals surface area contributed by atoms with Gasteiger partial charge in [0.2, 0.25) is 0 Å². The molecule has 0 aromatic rings. The molecule has 1 fully saturated rings. The van der Waals surface area contributed by atoms with Crippen molar-refractivity contribution in [3.05, 3.63) is 0 Å².